The molecule has 0 aliphatic rings. The van der Waals surface area contributed by atoms with E-state index in [1.165, 1.54) is 122 Å². The zero-order chi connectivity index (χ0) is 47.7. The topological polar surface area (TPSA) is 99.1 Å². The molecule has 2 unspecified atom stereocenters. The predicted molar refractivity (Wildman–Crippen MR) is 275 cm³/mol. The van der Waals surface area contributed by atoms with Crippen molar-refractivity contribution in [3.8, 4) is 0 Å². The number of esters is 2. The van der Waals surface area contributed by atoms with Crippen molar-refractivity contribution in [2.24, 2.45) is 0 Å². The zero-order valence-corrected chi connectivity index (χ0v) is 42.7. The van der Waals surface area contributed by atoms with Crippen LogP contribution in [0.5, 0.6) is 0 Å². The fourth-order valence-electron chi connectivity index (χ4n) is 7.59. The van der Waals surface area contributed by atoms with E-state index in [4.69, 9.17) is 14.2 Å². The summed E-state index contributed by atoms with van der Waals surface area (Å²) in [5, 5.41) is 9.65. The number of carbonyl (C=O) groups is 3. The SMILES string of the molecule is CC/C=C\C/C=C\C/C=C\C/C=C\C/C=C\C/C=C\CCC(=O)OC(COCCC(C(=O)O)[N+](C)(C)C)COC(=O)CCCCCCCCCCCCCCCCCCCCCCCC. The maximum Gasteiger partial charge on any atom is 0.362 e. The van der Waals surface area contributed by atoms with Crippen LogP contribution in [0.4, 0.5) is 0 Å². The van der Waals surface area contributed by atoms with Crippen molar-refractivity contribution >= 4 is 17.9 Å². The largest absolute Gasteiger partial charge is 0.477 e. The summed E-state index contributed by atoms with van der Waals surface area (Å²) in [5.41, 5.74) is 0. The van der Waals surface area contributed by atoms with Gasteiger partial charge in [0.2, 0.25) is 0 Å². The number of ether oxygens (including phenoxy) is 3. The van der Waals surface area contributed by atoms with Crippen LogP contribution in [0.25, 0.3) is 0 Å². The fraction of sp³-hybridized carbons (Fsp3) is 0.737. The summed E-state index contributed by atoms with van der Waals surface area (Å²) < 4.78 is 17.3. The number of aliphatic carboxylic acids is 1. The lowest BCUT2D eigenvalue weighted by Crippen LogP contribution is -2.50. The van der Waals surface area contributed by atoms with Gasteiger partial charge >= 0.3 is 17.9 Å². The van der Waals surface area contributed by atoms with E-state index in [2.05, 4.69) is 74.6 Å². The Hall–Kier alpha value is -3.23. The minimum Gasteiger partial charge on any atom is -0.477 e. The van der Waals surface area contributed by atoms with Crippen molar-refractivity contribution in [3.05, 3.63) is 72.9 Å². The van der Waals surface area contributed by atoms with Crippen LogP contribution >= 0.6 is 0 Å². The molecule has 0 aromatic carbocycles. The zero-order valence-electron chi connectivity index (χ0n) is 42.7. The molecule has 0 fully saturated rings. The highest BCUT2D eigenvalue weighted by molar-refractivity contribution is 5.72. The number of carbonyl (C=O) groups excluding carboxylic acids is 2. The van der Waals surface area contributed by atoms with Gasteiger partial charge in [-0.1, -0.05) is 222 Å². The first-order valence-electron chi connectivity index (χ1n) is 26.5. The Balaban J connectivity index is 4.30. The number of allylic oxidation sites excluding steroid dienone is 12. The number of quaternary nitrogens is 1. The van der Waals surface area contributed by atoms with Crippen molar-refractivity contribution in [2.45, 2.75) is 231 Å². The van der Waals surface area contributed by atoms with Crippen LogP contribution in [0.3, 0.4) is 0 Å². The normalized spacial score (nSPS) is 13.4. The van der Waals surface area contributed by atoms with Crippen molar-refractivity contribution < 1.29 is 38.2 Å². The van der Waals surface area contributed by atoms with Gasteiger partial charge in [-0.05, 0) is 51.4 Å². The summed E-state index contributed by atoms with van der Waals surface area (Å²) in [4.78, 5) is 37.1. The number of carboxylic acids is 1. The van der Waals surface area contributed by atoms with E-state index in [-0.39, 0.29) is 42.7 Å². The van der Waals surface area contributed by atoms with Gasteiger partial charge in [0.15, 0.2) is 12.1 Å². The fourth-order valence-corrected chi connectivity index (χ4v) is 7.59. The molecule has 0 saturated carbocycles. The lowest BCUT2D eigenvalue weighted by molar-refractivity contribution is -0.887. The van der Waals surface area contributed by atoms with Crippen molar-refractivity contribution in [1.82, 2.24) is 0 Å². The van der Waals surface area contributed by atoms with Gasteiger partial charge in [-0.2, -0.15) is 0 Å². The molecule has 1 N–H and O–H groups in total. The van der Waals surface area contributed by atoms with Crippen LogP contribution in [0.2, 0.25) is 0 Å². The van der Waals surface area contributed by atoms with Crippen molar-refractivity contribution in [1.29, 1.82) is 0 Å². The number of hydrogen-bond donors (Lipinski definition) is 1. The number of carboxylic acid groups (broad SMARTS) is 1. The molecule has 374 valence electrons. The molecule has 0 aliphatic carbocycles. The molecular weight excluding hydrogens is 811 g/mol. The van der Waals surface area contributed by atoms with Crippen LogP contribution in [0.15, 0.2) is 72.9 Å². The number of hydrogen-bond acceptors (Lipinski definition) is 6. The Kier molecular flexibility index (Phi) is 44.9. The lowest BCUT2D eigenvalue weighted by Gasteiger charge is -2.31. The summed E-state index contributed by atoms with van der Waals surface area (Å²) in [6, 6.07) is -0.631. The van der Waals surface area contributed by atoms with Gasteiger partial charge in [0.1, 0.15) is 6.61 Å². The summed E-state index contributed by atoms with van der Waals surface area (Å²) in [6.07, 6.45) is 61.2. The van der Waals surface area contributed by atoms with Gasteiger partial charge < -0.3 is 23.8 Å². The predicted octanol–water partition coefficient (Wildman–Crippen LogP) is 15.5. The van der Waals surface area contributed by atoms with E-state index >= 15 is 0 Å². The van der Waals surface area contributed by atoms with E-state index in [1.807, 2.05) is 33.3 Å². The minimum atomic E-state index is -0.886. The molecule has 0 aromatic rings. The molecule has 8 heteroatoms. The monoisotopic (exact) mass is 911 g/mol. The average Bonchev–Trinajstić information content (AvgIpc) is 3.27. The molecule has 0 saturated heterocycles. The average molecular weight is 911 g/mol. The summed E-state index contributed by atoms with van der Waals surface area (Å²) in [5.74, 6) is -1.57. The third-order valence-corrected chi connectivity index (χ3v) is 11.6. The first-order chi connectivity index (χ1) is 31.6. The molecule has 0 rings (SSSR count). The van der Waals surface area contributed by atoms with Gasteiger partial charge in [-0.3, -0.25) is 9.59 Å². The molecule has 0 bridgehead atoms. The Morgan fingerprint density at radius 1 is 0.477 bits per heavy atom. The molecule has 8 nitrogen and oxygen atoms in total. The van der Waals surface area contributed by atoms with Crippen LogP contribution in [-0.4, -0.2) is 80.6 Å². The van der Waals surface area contributed by atoms with Gasteiger partial charge in [-0.25, -0.2) is 4.79 Å². The molecular formula is C57H100NO7+. The number of nitrogens with zero attached hydrogens (tertiary/aromatic N) is 1. The molecule has 0 spiro atoms. The second-order valence-corrected chi connectivity index (χ2v) is 18.8. The molecule has 0 aliphatic heterocycles. The van der Waals surface area contributed by atoms with Crippen molar-refractivity contribution in [2.75, 3.05) is 41.0 Å². The first-order valence-corrected chi connectivity index (χ1v) is 26.5. The van der Waals surface area contributed by atoms with Crippen molar-refractivity contribution in [3.63, 3.8) is 0 Å². The maximum atomic E-state index is 12.8. The Morgan fingerprint density at radius 3 is 1.25 bits per heavy atom. The number of unbranched alkanes of at least 4 members (excludes halogenated alkanes) is 21. The van der Waals surface area contributed by atoms with E-state index in [9.17, 15) is 19.5 Å². The second-order valence-electron chi connectivity index (χ2n) is 18.8. The number of rotatable bonds is 47. The highest BCUT2D eigenvalue weighted by Gasteiger charge is 2.31. The first kappa shape index (κ1) is 61.8. The standard InChI is InChI=1S/C57H99NO7/c1-6-8-10-12-14-16-18-20-22-24-26-27-28-30-31-33-35-37-39-41-43-45-47-55(59)64-52-53(51-63-50-49-54(57(61)62)58(3,4)5)65-56(60)48-46-44-42-40-38-36-34-32-29-25-23-21-19-17-15-13-11-9-7-2/h9,11,15,17,21,23,29,32,36,38,42,44,53-54H,6-8,10,12-14,16,18-20,22,24-28,30-31,33-35,37,39-41,43,45-52H2,1-5H3/p+1/b11-9-,17-15-,23-21-,32-29-,38-36-,44-42-. The smallest absolute Gasteiger partial charge is 0.362 e. The lowest BCUT2D eigenvalue weighted by atomic mass is 10.0. The molecule has 0 heterocycles. The highest BCUT2D eigenvalue weighted by Crippen LogP contribution is 2.16. The highest BCUT2D eigenvalue weighted by atomic mass is 16.6. The minimum absolute atomic E-state index is 0.0296. The molecule has 0 radical (unpaired) electrons. The third-order valence-electron chi connectivity index (χ3n) is 11.6. The molecule has 65 heavy (non-hydrogen) atoms. The van der Waals surface area contributed by atoms with Gasteiger partial charge in [0.25, 0.3) is 0 Å². The Labute approximate surface area is 400 Å². The van der Waals surface area contributed by atoms with Crippen LogP contribution < -0.4 is 0 Å². The Morgan fingerprint density at radius 2 is 0.862 bits per heavy atom. The number of likely N-dealkylation sites (N-methyl/N-ethyl adjacent to an activating group) is 1. The summed E-state index contributed by atoms with van der Waals surface area (Å²) >= 11 is 0. The van der Waals surface area contributed by atoms with E-state index in [1.54, 1.807) is 0 Å². The van der Waals surface area contributed by atoms with Gasteiger partial charge in [0.05, 0.1) is 34.4 Å². The van der Waals surface area contributed by atoms with E-state index < -0.39 is 18.1 Å². The van der Waals surface area contributed by atoms with Crippen LogP contribution in [0.1, 0.15) is 219 Å². The third kappa shape index (κ3) is 45.7. The Bertz CT molecular complexity index is 1290. The second kappa shape index (κ2) is 47.3. The summed E-state index contributed by atoms with van der Waals surface area (Å²) in [7, 11) is 5.51. The molecule has 2 atom stereocenters. The van der Waals surface area contributed by atoms with Gasteiger partial charge in [0, 0.05) is 19.3 Å². The quantitative estimate of drug-likeness (QED) is 0.0281. The van der Waals surface area contributed by atoms with E-state index in [0.717, 1.165) is 57.8 Å². The van der Waals surface area contributed by atoms with E-state index in [0.29, 0.717) is 19.3 Å². The summed E-state index contributed by atoms with van der Waals surface area (Å²) in [6.45, 7) is 4.57. The van der Waals surface area contributed by atoms with Crippen LogP contribution in [0, 0.1) is 0 Å². The van der Waals surface area contributed by atoms with Gasteiger partial charge in [-0.15, -0.1) is 0 Å². The molecule has 0 amide bonds. The maximum absolute atomic E-state index is 12.8. The van der Waals surface area contributed by atoms with Crippen LogP contribution in [-0.2, 0) is 28.6 Å². The molecule has 0 aromatic heterocycles.